The van der Waals surface area contributed by atoms with Gasteiger partial charge in [0.2, 0.25) is 0 Å². The Bertz CT molecular complexity index is 140. The van der Waals surface area contributed by atoms with Gasteiger partial charge >= 0.3 is 6.09 Å². The van der Waals surface area contributed by atoms with Crippen LogP contribution in [0.15, 0.2) is 0 Å². The van der Waals surface area contributed by atoms with Crippen LogP contribution in [-0.2, 0) is 0 Å². The molecule has 1 aliphatic heterocycles. The number of hydrogen-bond acceptors (Lipinski definition) is 1. The quantitative estimate of drug-likeness (QED) is 0.603. The fraction of sp³-hybridized carbons (Fsp3) is 0.833. The summed E-state index contributed by atoms with van der Waals surface area (Å²) < 4.78 is 12.0. The Hall–Kier alpha value is -0.800. The van der Waals surface area contributed by atoms with Crippen molar-refractivity contribution < 1.29 is 14.3 Å². The number of halogens is 1. The summed E-state index contributed by atoms with van der Waals surface area (Å²) in [5.41, 5.74) is 0. The zero-order valence-electron chi connectivity index (χ0n) is 5.59. The van der Waals surface area contributed by atoms with Crippen molar-refractivity contribution in [2.24, 2.45) is 0 Å². The van der Waals surface area contributed by atoms with Crippen molar-refractivity contribution in [2.45, 2.75) is 18.9 Å². The molecule has 1 heterocycles. The molecule has 1 rings (SSSR count). The topological polar surface area (TPSA) is 40.5 Å². The van der Waals surface area contributed by atoms with E-state index in [0.717, 1.165) is 6.42 Å². The molecule has 0 aromatic carbocycles. The van der Waals surface area contributed by atoms with Crippen LogP contribution in [-0.4, -0.2) is 35.4 Å². The maximum absolute atomic E-state index is 12.0. The molecule has 0 aromatic heterocycles. The first-order valence-electron chi connectivity index (χ1n) is 3.31. The second-order valence-corrected chi connectivity index (χ2v) is 2.43. The number of nitrogens with zero attached hydrogens (tertiary/aromatic N) is 1. The lowest BCUT2D eigenvalue weighted by Gasteiger charge is -2.17. The lowest BCUT2D eigenvalue weighted by atomic mass is 10.2. The third-order valence-electron chi connectivity index (χ3n) is 1.80. The summed E-state index contributed by atoms with van der Waals surface area (Å²) >= 11 is 0. The highest BCUT2D eigenvalue weighted by atomic mass is 19.1. The Balaban J connectivity index is 2.50. The highest BCUT2D eigenvalue weighted by Gasteiger charge is 2.27. The maximum Gasteiger partial charge on any atom is 0.407 e. The highest BCUT2D eigenvalue weighted by molar-refractivity contribution is 5.65. The van der Waals surface area contributed by atoms with Crippen molar-refractivity contribution in [3.05, 3.63) is 0 Å². The van der Waals surface area contributed by atoms with Gasteiger partial charge in [-0.25, -0.2) is 9.18 Å². The van der Waals surface area contributed by atoms with Crippen LogP contribution < -0.4 is 0 Å². The molecule has 1 fully saturated rings. The Labute approximate surface area is 58.4 Å². The molecule has 1 aliphatic rings. The Morgan fingerprint density at radius 1 is 1.80 bits per heavy atom. The largest absolute Gasteiger partial charge is 0.465 e. The number of rotatable bonds is 1. The van der Waals surface area contributed by atoms with E-state index in [1.807, 2.05) is 0 Å². The van der Waals surface area contributed by atoms with Crippen LogP contribution in [0.3, 0.4) is 0 Å². The summed E-state index contributed by atoms with van der Waals surface area (Å²) in [4.78, 5) is 11.5. The molecule has 0 spiro atoms. The van der Waals surface area contributed by atoms with Gasteiger partial charge in [0.1, 0.15) is 6.67 Å². The van der Waals surface area contributed by atoms with Crippen LogP contribution in [0.2, 0.25) is 0 Å². The molecule has 1 amide bonds. The molecule has 1 atom stereocenters. The SMILES string of the molecule is O=C(O)N1CCC[C@H]1CF. The summed E-state index contributed by atoms with van der Waals surface area (Å²) in [5, 5.41) is 8.47. The zero-order valence-corrected chi connectivity index (χ0v) is 5.59. The van der Waals surface area contributed by atoms with Gasteiger partial charge in [0, 0.05) is 6.54 Å². The molecule has 0 saturated carbocycles. The van der Waals surface area contributed by atoms with Crippen LogP contribution in [0.4, 0.5) is 9.18 Å². The molecule has 4 heteroatoms. The molecule has 0 aromatic rings. The molecular weight excluding hydrogens is 137 g/mol. The number of hydrogen-bond donors (Lipinski definition) is 1. The van der Waals surface area contributed by atoms with E-state index in [0.29, 0.717) is 13.0 Å². The predicted octanol–water partition coefficient (Wildman–Crippen LogP) is 1.10. The molecule has 0 aliphatic carbocycles. The first-order chi connectivity index (χ1) is 4.75. The average Bonchev–Trinajstić information content (AvgIpc) is 2.33. The van der Waals surface area contributed by atoms with Crippen LogP contribution in [0.5, 0.6) is 0 Å². The number of likely N-dealkylation sites (tertiary alicyclic amines) is 1. The molecule has 3 nitrogen and oxygen atoms in total. The Morgan fingerprint density at radius 2 is 2.50 bits per heavy atom. The molecule has 0 radical (unpaired) electrons. The van der Waals surface area contributed by atoms with Gasteiger partial charge in [-0.2, -0.15) is 0 Å². The second kappa shape index (κ2) is 2.86. The van der Waals surface area contributed by atoms with E-state index < -0.39 is 12.8 Å². The monoisotopic (exact) mass is 147 g/mol. The summed E-state index contributed by atoms with van der Waals surface area (Å²) in [6.07, 6.45) is 0.462. The normalized spacial score (nSPS) is 25.3. The van der Waals surface area contributed by atoms with Crippen LogP contribution in [0.25, 0.3) is 0 Å². The number of amides is 1. The van der Waals surface area contributed by atoms with Crippen molar-refractivity contribution in [3.63, 3.8) is 0 Å². The van der Waals surface area contributed by atoms with E-state index in [2.05, 4.69) is 0 Å². The van der Waals surface area contributed by atoms with Gasteiger partial charge in [-0.3, -0.25) is 0 Å². The first-order valence-corrected chi connectivity index (χ1v) is 3.31. The lowest BCUT2D eigenvalue weighted by molar-refractivity contribution is 0.133. The fourth-order valence-electron chi connectivity index (χ4n) is 1.25. The Kier molecular flexibility index (Phi) is 2.09. The molecule has 1 N–H and O–H groups in total. The predicted molar refractivity (Wildman–Crippen MR) is 33.7 cm³/mol. The summed E-state index contributed by atoms with van der Waals surface area (Å²) in [6, 6.07) is -0.377. The molecule has 10 heavy (non-hydrogen) atoms. The number of carboxylic acid groups (broad SMARTS) is 1. The summed E-state index contributed by atoms with van der Waals surface area (Å²) in [6.45, 7) is -0.0593. The van der Waals surface area contributed by atoms with Gasteiger partial charge < -0.3 is 10.0 Å². The Morgan fingerprint density at radius 3 is 2.90 bits per heavy atom. The zero-order chi connectivity index (χ0) is 7.56. The van der Waals surface area contributed by atoms with E-state index in [-0.39, 0.29) is 6.04 Å². The number of alkyl halides is 1. The van der Waals surface area contributed by atoms with Gasteiger partial charge in [-0.1, -0.05) is 0 Å². The van der Waals surface area contributed by atoms with E-state index in [1.165, 1.54) is 4.90 Å². The van der Waals surface area contributed by atoms with Crippen molar-refractivity contribution >= 4 is 6.09 Å². The van der Waals surface area contributed by atoms with Crippen molar-refractivity contribution in [2.75, 3.05) is 13.2 Å². The van der Waals surface area contributed by atoms with Crippen molar-refractivity contribution in [1.29, 1.82) is 0 Å². The van der Waals surface area contributed by atoms with E-state index in [1.54, 1.807) is 0 Å². The maximum atomic E-state index is 12.0. The van der Waals surface area contributed by atoms with Crippen LogP contribution in [0, 0.1) is 0 Å². The minimum atomic E-state index is -1.000. The van der Waals surface area contributed by atoms with E-state index >= 15 is 0 Å². The van der Waals surface area contributed by atoms with E-state index in [4.69, 9.17) is 5.11 Å². The van der Waals surface area contributed by atoms with Crippen molar-refractivity contribution in [1.82, 2.24) is 4.90 Å². The third kappa shape index (κ3) is 1.20. The van der Waals surface area contributed by atoms with Gasteiger partial charge in [0.05, 0.1) is 6.04 Å². The van der Waals surface area contributed by atoms with Gasteiger partial charge in [0.25, 0.3) is 0 Å². The van der Waals surface area contributed by atoms with Crippen LogP contribution >= 0.6 is 0 Å². The average molecular weight is 147 g/mol. The van der Waals surface area contributed by atoms with Gasteiger partial charge in [-0.15, -0.1) is 0 Å². The smallest absolute Gasteiger partial charge is 0.407 e. The van der Waals surface area contributed by atoms with Gasteiger partial charge in [-0.05, 0) is 12.8 Å². The summed E-state index contributed by atoms with van der Waals surface area (Å²) in [5.74, 6) is 0. The highest BCUT2D eigenvalue weighted by Crippen LogP contribution is 2.16. The summed E-state index contributed by atoms with van der Waals surface area (Å²) in [7, 11) is 0. The van der Waals surface area contributed by atoms with Gasteiger partial charge in [0.15, 0.2) is 0 Å². The molecular formula is C6H10FNO2. The molecule has 58 valence electrons. The molecule has 0 unspecified atom stereocenters. The molecule has 1 saturated heterocycles. The minimum absolute atomic E-state index is 0.377. The third-order valence-corrected chi connectivity index (χ3v) is 1.80. The first kappa shape index (κ1) is 7.31. The number of carbonyl (C=O) groups is 1. The standard InChI is InChI=1S/C6H10FNO2/c7-4-5-2-1-3-8(5)6(9)10/h5H,1-4H2,(H,9,10)/t5-/m0/s1. The minimum Gasteiger partial charge on any atom is -0.465 e. The van der Waals surface area contributed by atoms with Crippen LogP contribution in [0.1, 0.15) is 12.8 Å². The van der Waals surface area contributed by atoms with E-state index in [9.17, 15) is 9.18 Å². The lowest BCUT2D eigenvalue weighted by Crippen LogP contribution is -2.35. The molecule has 0 bridgehead atoms. The fourth-order valence-corrected chi connectivity index (χ4v) is 1.25. The second-order valence-electron chi connectivity index (χ2n) is 2.43. The van der Waals surface area contributed by atoms with Crippen molar-refractivity contribution in [3.8, 4) is 0 Å².